The lowest BCUT2D eigenvalue weighted by molar-refractivity contribution is 0.164. The SMILES string of the molecule is CC(C)CCC(CC(C)C)C1CCC1. The first-order valence-corrected chi connectivity index (χ1v) is 6.59. The van der Waals surface area contributed by atoms with E-state index in [0.717, 1.165) is 23.7 Å². The van der Waals surface area contributed by atoms with Crippen LogP contribution in [0.1, 0.15) is 66.2 Å². The van der Waals surface area contributed by atoms with Crippen LogP contribution in [0.2, 0.25) is 0 Å². The lowest BCUT2D eigenvalue weighted by Crippen LogP contribution is -2.23. The Morgan fingerprint density at radius 2 is 1.57 bits per heavy atom. The van der Waals surface area contributed by atoms with E-state index in [9.17, 15) is 0 Å². The molecule has 1 aliphatic carbocycles. The fourth-order valence-corrected chi connectivity index (χ4v) is 2.61. The summed E-state index contributed by atoms with van der Waals surface area (Å²) in [6.07, 6.45) is 8.94. The predicted molar refractivity (Wildman–Crippen MR) is 64.4 cm³/mol. The number of hydrogen-bond donors (Lipinski definition) is 0. The summed E-state index contributed by atoms with van der Waals surface area (Å²) in [7, 11) is 0. The first kappa shape index (κ1) is 12.1. The average Bonchev–Trinajstić information content (AvgIpc) is 1.95. The van der Waals surface area contributed by atoms with E-state index in [1.165, 1.54) is 38.5 Å². The van der Waals surface area contributed by atoms with Gasteiger partial charge in [-0.25, -0.2) is 0 Å². The molecule has 0 heterocycles. The Labute approximate surface area is 90.5 Å². The van der Waals surface area contributed by atoms with Gasteiger partial charge in [0.15, 0.2) is 0 Å². The zero-order valence-electron chi connectivity index (χ0n) is 10.6. The van der Waals surface area contributed by atoms with Crippen molar-refractivity contribution in [3.8, 4) is 0 Å². The fraction of sp³-hybridized carbons (Fsp3) is 1.00. The maximum absolute atomic E-state index is 2.38. The molecule has 14 heavy (non-hydrogen) atoms. The third-order valence-electron chi connectivity index (χ3n) is 3.71. The van der Waals surface area contributed by atoms with E-state index >= 15 is 0 Å². The van der Waals surface area contributed by atoms with Crippen molar-refractivity contribution in [3.63, 3.8) is 0 Å². The van der Waals surface area contributed by atoms with Crippen LogP contribution in [0.4, 0.5) is 0 Å². The molecule has 0 spiro atoms. The predicted octanol–water partition coefficient (Wildman–Crippen LogP) is 4.89. The van der Waals surface area contributed by atoms with Crippen molar-refractivity contribution in [2.45, 2.75) is 66.2 Å². The molecular weight excluding hydrogens is 168 g/mol. The van der Waals surface area contributed by atoms with Crippen LogP contribution in [-0.4, -0.2) is 0 Å². The van der Waals surface area contributed by atoms with E-state index in [-0.39, 0.29) is 0 Å². The van der Waals surface area contributed by atoms with Gasteiger partial charge in [-0.15, -0.1) is 0 Å². The van der Waals surface area contributed by atoms with Crippen molar-refractivity contribution in [1.29, 1.82) is 0 Å². The van der Waals surface area contributed by atoms with Crippen molar-refractivity contribution in [2.75, 3.05) is 0 Å². The highest BCUT2D eigenvalue weighted by molar-refractivity contribution is 4.78. The topological polar surface area (TPSA) is 0 Å². The van der Waals surface area contributed by atoms with E-state index in [1.807, 2.05) is 0 Å². The fourth-order valence-electron chi connectivity index (χ4n) is 2.61. The van der Waals surface area contributed by atoms with Crippen molar-refractivity contribution in [3.05, 3.63) is 0 Å². The van der Waals surface area contributed by atoms with Gasteiger partial charge in [0.05, 0.1) is 0 Å². The second-order valence-electron chi connectivity index (χ2n) is 6.05. The van der Waals surface area contributed by atoms with Gasteiger partial charge in [-0.05, 0) is 36.5 Å². The van der Waals surface area contributed by atoms with Gasteiger partial charge in [-0.1, -0.05) is 53.4 Å². The van der Waals surface area contributed by atoms with Crippen LogP contribution in [-0.2, 0) is 0 Å². The van der Waals surface area contributed by atoms with E-state index in [1.54, 1.807) is 0 Å². The summed E-state index contributed by atoms with van der Waals surface area (Å²) in [5, 5.41) is 0. The summed E-state index contributed by atoms with van der Waals surface area (Å²) in [4.78, 5) is 0. The van der Waals surface area contributed by atoms with E-state index < -0.39 is 0 Å². The molecule has 1 aliphatic rings. The van der Waals surface area contributed by atoms with Gasteiger partial charge in [0.2, 0.25) is 0 Å². The van der Waals surface area contributed by atoms with Crippen LogP contribution in [0, 0.1) is 23.7 Å². The van der Waals surface area contributed by atoms with Crippen LogP contribution in [0.5, 0.6) is 0 Å². The number of rotatable bonds is 6. The van der Waals surface area contributed by atoms with Gasteiger partial charge in [0.25, 0.3) is 0 Å². The Balaban J connectivity index is 2.28. The van der Waals surface area contributed by atoms with E-state index in [0.29, 0.717) is 0 Å². The van der Waals surface area contributed by atoms with Crippen LogP contribution >= 0.6 is 0 Å². The van der Waals surface area contributed by atoms with Crippen molar-refractivity contribution in [2.24, 2.45) is 23.7 Å². The molecule has 1 rings (SSSR count). The maximum atomic E-state index is 2.38. The lowest BCUT2D eigenvalue weighted by Gasteiger charge is -2.35. The minimum atomic E-state index is 0.893. The van der Waals surface area contributed by atoms with E-state index in [4.69, 9.17) is 0 Å². The lowest BCUT2D eigenvalue weighted by atomic mass is 9.71. The third-order valence-corrected chi connectivity index (χ3v) is 3.71. The molecule has 0 aromatic carbocycles. The molecule has 1 atom stereocenters. The standard InChI is InChI=1S/C14H28/c1-11(2)8-9-14(10-12(3)4)13-6-5-7-13/h11-14H,5-10H2,1-4H3. The van der Waals surface area contributed by atoms with Crippen molar-refractivity contribution in [1.82, 2.24) is 0 Å². The van der Waals surface area contributed by atoms with Gasteiger partial charge < -0.3 is 0 Å². The molecule has 0 amide bonds. The Kier molecular flexibility index (Phi) is 4.98. The molecule has 0 radical (unpaired) electrons. The molecule has 1 unspecified atom stereocenters. The highest BCUT2D eigenvalue weighted by Gasteiger charge is 2.27. The van der Waals surface area contributed by atoms with Crippen LogP contribution in [0.15, 0.2) is 0 Å². The first-order chi connectivity index (χ1) is 6.59. The van der Waals surface area contributed by atoms with Crippen molar-refractivity contribution < 1.29 is 0 Å². The molecule has 84 valence electrons. The summed E-state index contributed by atoms with van der Waals surface area (Å²) in [6, 6.07) is 0. The van der Waals surface area contributed by atoms with Crippen molar-refractivity contribution >= 4 is 0 Å². The summed E-state index contributed by atoms with van der Waals surface area (Å²) in [5.41, 5.74) is 0. The molecule has 0 aliphatic heterocycles. The molecule has 0 aromatic heterocycles. The largest absolute Gasteiger partial charge is 0.0628 e. The molecule has 0 heteroatoms. The average molecular weight is 196 g/mol. The molecule has 0 N–H and O–H groups in total. The third kappa shape index (κ3) is 4.02. The first-order valence-electron chi connectivity index (χ1n) is 6.59. The Bertz CT molecular complexity index is 142. The molecule has 0 saturated heterocycles. The zero-order valence-corrected chi connectivity index (χ0v) is 10.6. The van der Waals surface area contributed by atoms with Gasteiger partial charge >= 0.3 is 0 Å². The molecule has 1 fully saturated rings. The minimum absolute atomic E-state index is 0.893. The summed E-state index contributed by atoms with van der Waals surface area (Å²) in [6.45, 7) is 9.46. The zero-order chi connectivity index (χ0) is 10.6. The quantitative estimate of drug-likeness (QED) is 0.567. The molecule has 0 nitrogen and oxygen atoms in total. The molecular formula is C14H28. The highest BCUT2D eigenvalue weighted by atomic mass is 14.3. The Hall–Kier alpha value is 0. The molecule has 1 saturated carbocycles. The van der Waals surface area contributed by atoms with Gasteiger partial charge in [0.1, 0.15) is 0 Å². The normalized spacial score (nSPS) is 20.1. The monoisotopic (exact) mass is 196 g/mol. The smallest absolute Gasteiger partial charge is 0.0383 e. The van der Waals surface area contributed by atoms with Gasteiger partial charge in [0, 0.05) is 0 Å². The van der Waals surface area contributed by atoms with Crippen LogP contribution in [0.3, 0.4) is 0 Å². The Morgan fingerprint density at radius 3 is 1.93 bits per heavy atom. The molecule has 0 aromatic rings. The summed E-state index contributed by atoms with van der Waals surface area (Å²) >= 11 is 0. The van der Waals surface area contributed by atoms with E-state index in [2.05, 4.69) is 27.7 Å². The van der Waals surface area contributed by atoms with Crippen LogP contribution in [0.25, 0.3) is 0 Å². The maximum Gasteiger partial charge on any atom is -0.0383 e. The second-order valence-corrected chi connectivity index (χ2v) is 6.05. The number of hydrogen-bond acceptors (Lipinski definition) is 0. The summed E-state index contributed by atoms with van der Waals surface area (Å²) < 4.78 is 0. The van der Waals surface area contributed by atoms with Gasteiger partial charge in [-0.2, -0.15) is 0 Å². The van der Waals surface area contributed by atoms with Gasteiger partial charge in [-0.3, -0.25) is 0 Å². The molecule has 0 bridgehead atoms. The second kappa shape index (κ2) is 5.78. The van der Waals surface area contributed by atoms with Crippen LogP contribution < -0.4 is 0 Å². The summed E-state index contributed by atoms with van der Waals surface area (Å²) in [5.74, 6) is 3.93. The Morgan fingerprint density at radius 1 is 0.929 bits per heavy atom. The highest BCUT2D eigenvalue weighted by Crippen LogP contribution is 2.39. The minimum Gasteiger partial charge on any atom is -0.0628 e.